The molecular formula is C21H22ClN3OS. The number of H-pyrrole nitrogens is 1. The van der Waals surface area contributed by atoms with E-state index in [4.69, 9.17) is 11.6 Å². The summed E-state index contributed by atoms with van der Waals surface area (Å²) in [6.07, 6.45) is 0. The first kappa shape index (κ1) is 18.4. The zero-order valence-corrected chi connectivity index (χ0v) is 16.8. The van der Waals surface area contributed by atoms with Gasteiger partial charge in [0.2, 0.25) is 0 Å². The predicted molar refractivity (Wildman–Crippen MR) is 115 cm³/mol. The van der Waals surface area contributed by atoms with Gasteiger partial charge in [-0.3, -0.25) is 9.69 Å². The molecule has 4 rings (SSSR count). The molecule has 1 aromatic heterocycles. The minimum Gasteiger partial charge on any atom is -0.350 e. The molecule has 2 heterocycles. The van der Waals surface area contributed by atoms with Crippen LogP contribution in [0.3, 0.4) is 0 Å². The largest absolute Gasteiger partial charge is 0.350 e. The van der Waals surface area contributed by atoms with Crippen LogP contribution in [-0.2, 0) is 6.54 Å². The second kappa shape index (κ2) is 7.97. The molecular weight excluding hydrogens is 378 g/mol. The number of benzene rings is 2. The first-order chi connectivity index (χ1) is 13.1. The molecule has 1 aliphatic heterocycles. The fraction of sp³-hybridized carbons (Fsp3) is 0.286. The van der Waals surface area contributed by atoms with E-state index < -0.39 is 0 Å². The quantitative estimate of drug-likeness (QED) is 0.653. The molecule has 1 amide bonds. The van der Waals surface area contributed by atoms with Gasteiger partial charge in [-0.25, -0.2) is 0 Å². The van der Waals surface area contributed by atoms with E-state index in [1.54, 1.807) is 0 Å². The van der Waals surface area contributed by atoms with Gasteiger partial charge < -0.3 is 10.3 Å². The maximum atomic E-state index is 12.6. The third-order valence-corrected chi connectivity index (χ3v) is 6.06. The maximum absolute atomic E-state index is 12.6. The Bertz CT molecular complexity index is 979. The van der Waals surface area contributed by atoms with Crippen molar-refractivity contribution in [1.29, 1.82) is 0 Å². The second-order valence-electron chi connectivity index (χ2n) is 6.91. The molecule has 0 bridgehead atoms. The molecule has 6 heteroatoms. The summed E-state index contributed by atoms with van der Waals surface area (Å²) < 4.78 is 0. The number of anilines is 1. The number of halogens is 1. The van der Waals surface area contributed by atoms with Gasteiger partial charge in [0.1, 0.15) is 5.69 Å². The molecule has 1 fully saturated rings. The SMILES string of the molecule is Cc1cc(CN2CCSCC2)ccc1NC(=O)c1cc2ccc(Cl)cc2[nH]1. The highest BCUT2D eigenvalue weighted by Gasteiger charge is 2.13. The summed E-state index contributed by atoms with van der Waals surface area (Å²) in [5.74, 6) is 2.28. The number of amides is 1. The third-order valence-electron chi connectivity index (χ3n) is 4.88. The Hall–Kier alpha value is -1.95. The first-order valence-electron chi connectivity index (χ1n) is 9.08. The van der Waals surface area contributed by atoms with E-state index in [0.717, 1.165) is 41.8 Å². The van der Waals surface area contributed by atoms with Crippen LogP contribution in [0.15, 0.2) is 42.5 Å². The van der Waals surface area contributed by atoms with Gasteiger partial charge in [0, 0.05) is 52.8 Å². The highest BCUT2D eigenvalue weighted by Crippen LogP contribution is 2.22. The third kappa shape index (κ3) is 4.32. The minimum absolute atomic E-state index is 0.147. The van der Waals surface area contributed by atoms with E-state index in [2.05, 4.69) is 27.3 Å². The number of rotatable bonds is 4. The van der Waals surface area contributed by atoms with Crippen LogP contribution >= 0.6 is 23.4 Å². The summed E-state index contributed by atoms with van der Waals surface area (Å²) in [7, 11) is 0. The van der Waals surface area contributed by atoms with Crippen LogP contribution in [0.25, 0.3) is 10.9 Å². The Morgan fingerprint density at radius 3 is 2.78 bits per heavy atom. The summed E-state index contributed by atoms with van der Waals surface area (Å²) >= 11 is 8.04. The van der Waals surface area contributed by atoms with Gasteiger partial charge in [0.15, 0.2) is 0 Å². The lowest BCUT2D eigenvalue weighted by Crippen LogP contribution is -2.31. The van der Waals surface area contributed by atoms with Gasteiger partial charge >= 0.3 is 0 Å². The standard InChI is InChI=1S/C21H22ClN3OS/c1-14-10-15(13-25-6-8-27-9-7-25)2-5-18(14)24-21(26)20-11-16-3-4-17(22)12-19(16)23-20/h2-5,10-12,23H,6-9,13H2,1H3,(H,24,26). The number of thioether (sulfide) groups is 1. The van der Waals surface area contributed by atoms with Crippen molar-refractivity contribution >= 4 is 45.9 Å². The Labute approximate surface area is 168 Å². The molecule has 0 unspecified atom stereocenters. The Morgan fingerprint density at radius 1 is 1.19 bits per heavy atom. The Morgan fingerprint density at radius 2 is 2.00 bits per heavy atom. The number of nitrogens with one attached hydrogen (secondary N) is 2. The van der Waals surface area contributed by atoms with Crippen molar-refractivity contribution in [2.75, 3.05) is 29.9 Å². The van der Waals surface area contributed by atoms with Crippen LogP contribution in [0.1, 0.15) is 21.6 Å². The maximum Gasteiger partial charge on any atom is 0.272 e. The van der Waals surface area contributed by atoms with E-state index in [1.807, 2.05) is 49.0 Å². The topological polar surface area (TPSA) is 48.1 Å². The molecule has 2 aromatic carbocycles. The number of aromatic nitrogens is 1. The summed E-state index contributed by atoms with van der Waals surface area (Å²) in [5.41, 5.74) is 4.60. The van der Waals surface area contributed by atoms with E-state index in [9.17, 15) is 4.79 Å². The molecule has 1 saturated heterocycles. The van der Waals surface area contributed by atoms with Crippen molar-refractivity contribution in [3.05, 3.63) is 64.3 Å². The fourth-order valence-electron chi connectivity index (χ4n) is 3.39. The number of hydrogen-bond donors (Lipinski definition) is 2. The molecule has 140 valence electrons. The monoisotopic (exact) mass is 399 g/mol. The van der Waals surface area contributed by atoms with E-state index in [0.29, 0.717) is 10.7 Å². The average molecular weight is 400 g/mol. The van der Waals surface area contributed by atoms with Crippen LogP contribution in [0.5, 0.6) is 0 Å². The van der Waals surface area contributed by atoms with E-state index in [-0.39, 0.29) is 5.91 Å². The van der Waals surface area contributed by atoms with Gasteiger partial charge in [-0.2, -0.15) is 11.8 Å². The summed E-state index contributed by atoms with van der Waals surface area (Å²) in [6, 6.07) is 13.7. The van der Waals surface area contributed by atoms with Crippen LogP contribution in [0, 0.1) is 6.92 Å². The number of hydrogen-bond acceptors (Lipinski definition) is 3. The van der Waals surface area contributed by atoms with Gasteiger partial charge in [-0.1, -0.05) is 29.8 Å². The zero-order chi connectivity index (χ0) is 18.8. The molecule has 0 radical (unpaired) electrons. The molecule has 0 aliphatic carbocycles. The van der Waals surface area contributed by atoms with Crippen molar-refractivity contribution in [1.82, 2.24) is 9.88 Å². The van der Waals surface area contributed by atoms with Gasteiger partial charge in [0.25, 0.3) is 5.91 Å². The predicted octanol–water partition coefficient (Wildman–Crippen LogP) is 4.93. The van der Waals surface area contributed by atoms with Crippen LogP contribution in [0.4, 0.5) is 5.69 Å². The lowest BCUT2D eigenvalue weighted by molar-refractivity contribution is 0.102. The number of nitrogens with zero attached hydrogens (tertiary/aromatic N) is 1. The molecule has 0 atom stereocenters. The molecule has 27 heavy (non-hydrogen) atoms. The summed E-state index contributed by atoms with van der Waals surface area (Å²) in [4.78, 5) is 18.3. The number of carbonyl (C=O) groups is 1. The van der Waals surface area contributed by atoms with Crippen molar-refractivity contribution < 1.29 is 4.79 Å². The number of fused-ring (bicyclic) bond motifs is 1. The summed E-state index contributed by atoms with van der Waals surface area (Å²) in [5, 5.41) is 4.63. The van der Waals surface area contributed by atoms with Crippen molar-refractivity contribution in [3.8, 4) is 0 Å². The molecule has 1 aliphatic rings. The second-order valence-corrected chi connectivity index (χ2v) is 8.57. The molecule has 0 saturated carbocycles. The van der Waals surface area contributed by atoms with Crippen molar-refractivity contribution in [2.24, 2.45) is 0 Å². The van der Waals surface area contributed by atoms with Crippen molar-refractivity contribution in [2.45, 2.75) is 13.5 Å². The Kier molecular flexibility index (Phi) is 5.43. The molecule has 2 N–H and O–H groups in total. The Balaban J connectivity index is 1.46. The van der Waals surface area contributed by atoms with Gasteiger partial charge in [-0.15, -0.1) is 0 Å². The first-order valence-corrected chi connectivity index (χ1v) is 10.6. The minimum atomic E-state index is -0.147. The smallest absolute Gasteiger partial charge is 0.272 e. The van der Waals surface area contributed by atoms with Crippen LogP contribution < -0.4 is 5.32 Å². The number of aryl methyl sites for hydroxylation is 1. The van der Waals surface area contributed by atoms with Crippen molar-refractivity contribution in [3.63, 3.8) is 0 Å². The lowest BCUT2D eigenvalue weighted by Gasteiger charge is -2.26. The van der Waals surface area contributed by atoms with E-state index >= 15 is 0 Å². The zero-order valence-electron chi connectivity index (χ0n) is 15.2. The highest BCUT2D eigenvalue weighted by atomic mass is 35.5. The normalized spacial score (nSPS) is 15.2. The molecule has 0 spiro atoms. The van der Waals surface area contributed by atoms with Crippen LogP contribution in [0.2, 0.25) is 5.02 Å². The lowest BCUT2D eigenvalue weighted by atomic mass is 10.1. The molecule has 4 nitrogen and oxygen atoms in total. The fourth-order valence-corrected chi connectivity index (χ4v) is 4.54. The highest BCUT2D eigenvalue weighted by molar-refractivity contribution is 7.99. The van der Waals surface area contributed by atoms with Gasteiger partial charge in [-0.05, 0) is 42.3 Å². The number of carbonyl (C=O) groups excluding carboxylic acids is 1. The van der Waals surface area contributed by atoms with Gasteiger partial charge in [0.05, 0.1) is 0 Å². The average Bonchev–Trinajstić information content (AvgIpc) is 3.08. The number of aromatic amines is 1. The van der Waals surface area contributed by atoms with E-state index in [1.165, 1.54) is 17.1 Å². The van der Waals surface area contributed by atoms with Crippen LogP contribution in [-0.4, -0.2) is 40.4 Å². The summed E-state index contributed by atoms with van der Waals surface area (Å²) in [6.45, 7) is 5.30. The molecule has 3 aromatic rings.